The molecule has 0 unspecified atom stereocenters. The highest BCUT2D eigenvalue weighted by molar-refractivity contribution is 6.33. The highest BCUT2D eigenvalue weighted by Crippen LogP contribution is 2.21. The third-order valence-corrected chi connectivity index (χ3v) is 3.26. The quantitative estimate of drug-likeness (QED) is 0.849. The Labute approximate surface area is 116 Å². The van der Waals surface area contributed by atoms with E-state index in [0.717, 1.165) is 11.1 Å². The van der Waals surface area contributed by atoms with Crippen LogP contribution >= 0.6 is 23.2 Å². The molecule has 0 heterocycles. The van der Waals surface area contributed by atoms with Crippen LogP contribution in [0, 0.1) is 0 Å². The van der Waals surface area contributed by atoms with E-state index in [9.17, 15) is 0 Å². The Morgan fingerprint density at radius 2 is 1.72 bits per heavy atom. The van der Waals surface area contributed by atoms with Crippen molar-refractivity contribution in [3.63, 3.8) is 0 Å². The van der Waals surface area contributed by atoms with Crippen molar-refractivity contribution in [2.75, 3.05) is 5.73 Å². The Kier molecular flexibility index (Phi) is 4.48. The van der Waals surface area contributed by atoms with Crippen LogP contribution in [0.4, 0.5) is 5.69 Å². The zero-order chi connectivity index (χ0) is 13.0. The number of nitrogen functional groups attached to an aromatic ring is 1. The van der Waals surface area contributed by atoms with Gasteiger partial charge in [-0.25, -0.2) is 0 Å². The highest BCUT2D eigenvalue weighted by atomic mass is 35.5. The van der Waals surface area contributed by atoms with Crippen molar-refractivity contribution >= 4 is 28.9 Å². The van der Waals surface area contributed by atoms with E-state index in [1.54, 1.807) is 6.07 Å². The first-order chi connectivity index (χ1) is 8.66. The van der Waals surface area contributed by atoms with Gasteiger partial charge in [-0.2, -0.15) is 0 Å². The molecule has 0 aliphatic heterocycles. The molecule has 0 aliphatic rings. The van der Waals surface area contributed by atoms with Gasteiger partial charge in [-0.05, 0) is 29.3 Å². The van der Waals surface area contributed by atoms with Crippen molar-refractivity contribution in [1.29, 1.82) is 0 Å². The van der Waals surface area contributed by atoms with Gasteiger partial charge >= 0.3 is 0 Å². The molecule has 4 heteroatoms. The lowest BCUT2D eigenvalue weighted by Gasteiger charge is -2.07. The molecule has 0 bridgehead atoms. The van der Waals surface area contributed by atoms with Crippen LogP contribution in [0.15, 0.2) is 42.5 Å². The summed E-state index contributed by atoms with van der Waals surface area (Å²) in [7, 11) is 0. The van der Waals surface area contributed by atoms with E-state index in [0.29, 0.717) is 28.9 Å². The first-order valence-electron chi connectivity index (χ1n) is 5.52. The lowest BCUT2D eigenvalue weighted by Crippen LogP contribution is -1.96. The number of rotatable bonds is 4. The van der Waals surface area contributed by atoms with Crippen LogP contribution in [-0.4, -0.2) is 0 Å². The molecule has 2 rings (SSSR count). The third kappa shape index (κ3) is 3.39. The van der Waals surface area contributed by atoms with Gasteiger partial charge in [-0.3, -0.25) is 0 Å². The van der Waals surface area contributed by atoms with Crippen molar-refractivity contribution in [3.8, 4) is 0 Å². The summed E-state index contributed by atoms with van der Waals surface area (Å²) in [6, 6.07) is 13.1. The van der Waals surface area contributed by atoms with Crippen LogP contribution < -0.4 is 5.73 Å². The average molecular weight is 282 g/mol. The third-order valence-electron chi connectivity index (χ3n) is 2.54. The first-order valence-corrected chi connectivity index (χ1v) is 6.27. The van der Waals surface area contributed by atoms with E-state index in [2.05, 4.69) is 0 Å². The highest BCUT2D eigenvalue weighted by Gasteiger charge is 2.01. The molecular formula is C14H13Cl2NO. The number of hydrogen-bond donors (Lipinski definition) is 1. The molecule has 18 heavy (non-hydrogen) atoms. The van der Waals surface area contributed by atoms with Gasteiger partial charge in [0.15, 0.2) is 0 Å². The Bertz CT molecular complexity index is 543. The van der Waals surface area contributed by atoms with Crippen LogP contribution in [-0.2, 0) is 18.0 Å². The van der Waals surface area contributed by atoms with Gasteiger partial charge in [0.25, 0.3) is 0 Å². The summed E-state index contributed by atoms with van der Waals surface area (Å²) < 4.78 is 5.60. The zero-order valence-electron chi connectivity index (χ0n) is 9.70. The minimum absolute atomic E-state index is 0.474. The van der Waals surface area contributed by atoms with E-state index in [4.69, 9.17) is 33.7 Å². The second-order valence-electron chi connectivity index (χ2n) is 3.94. The monoisotopic (exact) mass is 281 g/mol. The fraction of sp³-hybridized carbons (Fsp3) is 0.143. The van der Waals surface area contributed by atoms with Crippen LogP contribution in [0.25, 0.3) is 0 Å². The van der Waals surface area contributed by atoms with Crippen molar-refractivity contribution in [1.82, 2.24) is 0 Å². The molecule has 0 atom stereocenters. The second kappa shape index (κ2) is 6.10. The van der Waals surface area contributed by atoms with Crippen LogP contribution in [0.1, 0.15) is 11.1 Å². The number of halogens is 2. The van der Waals surface area contributed by atoms with Crippen LogP contribution in [0.5, 0.6) is 0 Å². The Morgan fingerprint density at radius 1 is 0.944 bits per heavy atom. The van der Waals surface area contributed by atoms with Gasteiger partial charge in [-0.1, -0.05) is 47.5 Å². The fourth-order valence-corrected chi connectivity index (χ4v) is 1.89. The number of benzene rings is 2. The minimum atomic E-state index is 0.474. The van der Waals surface area contributed by atoms with Gasteiger partial charge in [0.2, 0.25) is 0 Å². The summed E-state index contributed by atoms with van der Waals surface area (Å²) in [5.41, 5.74) is 8.25. The van der Waals surface area contributed by atoms with Crippen LogP contribution in [0.3, 0.4) is 0 Å². The standard InChI is InChI=1S/C14H13Cl2NO/c15-12-4-2-1-3-11(12)9-18-8-10-5-6-13(16)14(17)7-10/h1-7H,8-9,17H2. The first kappa shape index (κ1) is 13.2. The minimum Gasteiger partial charge on any atom is -0.398 e. The van der Waals surface area contributed by atoms with Gasteiger partial charge in [0, 0.05) is 5.02 Å². The van der Waals surface area contributed by atoms with Gasteiger partial charge in [-0.15, -0.1) is 0 Å². The summed E-state index contributed by atoms with van der Waals surface area (Å²) in [4.78, 5) is 0. The molecule has 0 saturated heterocycles. The van der Waals surface area contributed by atoms with E-state index < -0.39 is 0 Å². The summed E-state index contributed by atoms with van der Waals surface area (Å²) in [6.45, 7) is 0.953. The summed E-state index contributed by atoms with van der Waals surface area (Å²) >= 11 is 11.9. The second-order valence-corrected chi connectivity index (χ2v) is 4.75. The van der Waals surface area contributed by atoms with Crippen LogP contribution in [0.2, 0.25) is 10.0 Å². The van der Waals surface area contributed by atoms with Crippen molar-refractivity contribution in [3.05, 3.63) is 63.6 Å². The van der Waals surface area contributed by atoms with E-state index in [-0.39, 0.29) is 0 Å². The maximum atomic E-state index is 6.03. The molecule has 2 nitrogen and oxygen atoms in total. The van der Waals surface area contributed by atoms with E-state index in [1.807, 2.05) is 36.4 Å². The van der Waals surface area contributed by atoms with Crippen molar-refractivity contribution in [2.45, 2.75) is 13.2 Å². The molecule has 0 fully saturated rings. The molecule has 94 valence electrons. The molecule has 0 amide bonds. The number of hydrogen-bond acceptors (Lipinski definition) is 2. The number of ether oxygens (including phenoxy) is 1. The molecule has 0 radical (unpaired) electrons. The summed E-state index contributed by atoms with van der Waals surface area (Å²) in [5.74, 6) is 0. The number of nitrogens with two attached hydrogens (primary N) is 1. The summed E-state index contributed by atoms with van der Waals surface area (Å²) in [5, 5.41) is 1.28. The zero-order valence-corrected chi connectivity index (χ0v) is 11.2. The summed E-state index contributed by atoms with van der Waals surface area (Å²) in [6.07, 6.45) is 0. The predicted molar refractivity (Wildman–Crippen MR) is 75.8 cm³/mol. The van der Waals surface area contributed by atoms with Crippen molar-refractivity contribution < 1.29 is 4.74 Å². The maximum Gasteiger partial charge on any atom is 0.0735 e. The van der Waals surface area contributed by atoms with E-state index in [1.165, 1.54) is 0 Å². The van der Waals surface area contributed by atoms with Crippen molar-refractivity contribution in [2.24, 2.45) is 0 Å². The molecule has 2 aromatic rings. The lowest BCUT2D eigenvalue weighted by atomic mass is 10.2. The van der Waals surface area contributed by atoms with Gasteiger partial charge in [0.1, 0.15) is 0 Å². The molecule has 0 aliphatic carbocycles. The smallest absolute Gasteiger partial charge is 0.0735 e. The van der Waals surface area contributed by atoms with Gasteiger partial charge in [0.05, 0.1) is 23.9 Å². The molecule has 0 saturated carbocycles. The molecule has 2 N–H and O–H groups in total. The largest absolute Gasteiger partial charge is 0.398 e. The topological polar surface area (TPSA) is 35.2 Å². The predicted octanol–water partition coefficient (Wildman–Crippen LogP) is 4.29. The van der Waals surface area contributed by atoms with Gasteiger partial charge < -0.3 is 10.5 Å². The fourth-order valence-electron chi connectivity index (χ4n) is 1.58. The molecule has 0 spiro atoms. The Balaban J connectivity index is 1.92. The maximum absolute atomic E-state index is 6.03. The SMILES string of the molecule is Nc1cc(COCc2ccccc2Cl)ccc1Cl. The van der Waals surface area contributed by atoms with E-state index >= 15 is 0 Å². The molecule has 0 aromatic heterocycles. The normalized spacial score (nSPS) is 10.6. The average Bonchev–Trinajstić information content (AvgIpc) is 2.36. The lowest BCUT2D eigenvalue weighted by molar-refractivity contribution is 0.107. The Hall–Kier alpha value is -1.22. The molecular weight excluding hydrogens is 269 g/mol. The molecule has 2 aromatic carbocycles. The number of anilines is 1. The Morgan fingerprint density at radius 3 is 2.44 bits per heavy atom.